The highest BCUT2D eigenvalue weighted by Gasteiger charge is 2.27. The number of rotatable bonds is 8. The van der Waals surface area contributed by atoms with E-state index in [1.165, 1.54) is 0 Å². The molecule has 1 heterocycles. The van der Waals surface area contributed by atoms with E-state index in [4.69, 9.17) is 4.74 Å². The molecule has 0 aliphatic heterocycles. The van der Waals surface area contributed by atoms with E-state index < -0.39 is 12.8 Å². The van der Waals surface area contributed by atoms with Crippen molar-refractivity contribution in [3.8, 4) is 0 Å². The van der Waals surface area contributed by atoms with Gasteiger partial charge in [-0.05, 0) is 25.5 Å². The Balaban J connectivity index is 2.34. The van der Waals surface area contributed by atoms with Gasteiger partial charge < -0.3 is 10.1 Å². The van der Waals surface area contributed by atoms with E-state index in [1.54, 1.807) is 10.9 Å². The maximum atomic E-state index is 12.0. The van der Waals surface area contributed by atoms with Crippen LogP contribution in [0.25, 0.3) is 0 Å². The number of alkyl halides is 3. The molecule has 110 valence electrons. The first-order valence-electron chi connectivity index (χ1n) is 6.27. The van der Waals surface area contributed by atoms with Gasteiger partial charge in [0.05, 0.1) is 6.61 Å². The molecular formula is C12H20F3N3O. The van der Waals surface area contributed by atoms with Gasteiger partial charge in [0.2, 0.25) is 0 Å². The lowest BCUT2D eigenvalue weighted by Gasteiger charge is -2.18. The van der Waals surface area contributed by atoms with Crippen LogP contribution in [-0.2, 0) is 18.2 Å². The minimum Gasteiger partial charge on any atom is -0.370 e. The number of aryl methyl sites for hydroxylation is 2. The van der Waals surface area contributed by atoms with Crippen LogP contribution in [0, 0.1) is 0 Å². The number of hydrogen-bond donors (Lipinski definition) is 1. The second-order valence-electron chi connectivity index (χ2n) is 4.37. The standard InChI is InChI=1S/C12H20F3N3O/c1-3-16-10(8-19-9-12(13,14)15)4-5-11-6-7-17-18(11)2/h6-7,10,16H,3-5,8-9H2,1-2H3. The molecule has 0 fully saturated rings. The van der Waals surface area contributed by atoms with Crippen LogP contribution in [0.1, 0.15) is 19.0 Å². The van der Waals surface area contributed by atoms with Gasteiger partial charge in [0, 0.05) is 25.0 Å². The Morgan fingerprint density at radius 2 is 2.21 bits per heavy atom. The summed E-state index contributed by atoms with van der Waals surface area (Å²) >= 11 is 0. The first-order valence-corrected chi connectivity index (χ1v) is 6.27. The molecule has 1 rings (SSSR count). The van der Waals surface area contributed by atoms with E-state index >= 15 is 0 Å². The molecule has 4 nitrogen and oxygen atoms in total. The minimum atomic E-state index is -4.27. The molecule has 0 saturated carbocycles. The van der Waals surface area contributed by atoms with Crippen LogP contribution < -0.4 is 5.32 Å². The van der Waals surface area contributed by atoms with E-state index in [9.17, 15) is 13.2 Å². The molecule has 1 atom stereocenters. The van der Waals surface area contributed by atoms with Crippen LogP contribution in [-0.4, -0.2) is 41.8 Å². The van der Waals surface area contributed by atoms with Gasteiger partial charge in [-0.3, -0.25) is 4.68 Å². The predicted octanol–water partition coefficient (Wildman–Crippen LogP) is 1.91. The zero-order valence-electron chi connectivity index (χ0n) is 11.2. The van der Waals surface area contributed by atoms with E-state index in [2.05, 4.69) is 10.4 Å². The van der Waals surface area contributed by atoms with Crippen molar-refractivity contribution in [3.63, 3.8) is 0 Å². The molecular weight excluding hydrogens is 259 g/mol. The molecule has 0 spiro atoms. The summed E-state index contributed by atoms with van der Waals surface area (Å²) in [5.41, 5.74) is 1.05. The van der Waals surface area contributed by atoms with Crippen LogP contribution in [0.15, 0.2) is 12.3 Å². The average Bonchev–Trinajstić information content (AvgIpc) is 2.70. The number of aromatic nitrogens is 2. The fourth-order valence-electron chi connectivity index (χ4n) is 1.82. The third-order valence-electron chi connectivity index (χ3n) is 2.75. The zero-order chi connectivity index (χ0) is 14.3. The Labute approximate surface area is 110 Å². The number of likely N-dealkylation sites (N-methyl/N-ethyl adjacent to an activating group) is 1. The predicted molar refractivity (Wildman–Crippen MR) is 65.9 cm³/mol. The molecule has 0 aliphatic carbocycles. The highest BCUT2D eigenvalue weighted by atomic mass is 19.4. The van der Waals surface area contributed by atoms with Crippen molar-refractivity contribution in [1.82, 2.24) is 15.1 Å². The van der Waals surface area contributed by atoms with Gasteiger partial charge in [-0.1, -0.05) is 6.92 Å². The smallest absolute Gasteiger partial charge is 0.370 e. The summed E-state index contributed by atoms with van der Waals surface area (Å²) in [6.07, 6.45) is -1.09. The summed E-state index contributed by atoms with van der Waals surface area (Å²) in [7, 11) is 1.84. The van der Waals surface area contributed by atoms with Crippen molar-refractivity contribution in [2.24, 2.45) is 7.05 Å². The highest BCUT2D eigenvalue weighted by Crippen LogP contribution is 2.15. The third-order valence-corrected chi connectivity index (χ3v) is 2.75. The monoisotopic (exact) mass is 279 g/mol. The van der Waals surface area contributed by atoms with E-state index in [0.717, 1.165) is 12.1 Å². The normalized spacial score (nSPS) is 13.7. The van der Waals surface area contributed by atoms with Crippen LogP contribution in [0.4, 0.5) is 13.2 Å². The molecule has 0 amide bonds. The Kier molecular flexibility index (Phi) is 6.30. The molecule has 1 N–H and O–H groups in total. The Bertz CT molecular complexity index is 365. The van der Waals surface area contributed by atoms with E-state index in [-0.39, 0.29) is 12.6 Å². The minimum absolute atomic E-state index is 0.0607. The van der Waals surface area contributed by atoms with Gasteiger partial charge in [-0.25, -0.2) is 0 Å². The molecule has 1 aromatic rings. The number of hydrogen-bond acceptors (Lipinski definition) is 3. The van der Waals surface area contributed by atoms with Crippen molar-refractivity contribution in [2.75, 3.05) is 19.8 Å². The zero-order valence-corrected chi connectivity index (χ0v) is 11.2. The third kappa shape index (κ3) is 6.58. The Hall–Kier alpha value is -1.08. The fourth-order valence-corrected chi connectivity index (χ4v) is 1.82. The molecule has 19 heavy (non-hydrogen) atoms. The second kappa shape index (κ2) is 7.49. The molecule has 7 heteroatoms. The Morgan fingerprint density at radius 3 is 2.74 bits per heavy atom. The van der Waals surface area contributed by atoms with Crippen molar-refractivity contribution in [2.45, 2.75) is 32.0 Å². The highest BCUT2D eigenvalue weighted by molar-refractivity contribution is 5.00. The average molecular weight is 279 g/mol. The lowest BCUT2D eigenvalue weighted by molar-refractivity contribution is -0.175. The van der Waals surface area contributed by atoms with Gasteiger partial charge in [0.25, 0.3) is 0 Å². The lowest BCUT2D eigenvalue weighted by atomic mass is 10.1. The fraction of sp³-hybridized carbons (Fsp3) is 0.750. The molecule has 0 aromatic carbocycles. The quantitative estimate of drug-likeness (QED) is 0.790. The van der Waals surface area contributed by atoms with Gasteiger partial charge in [-0.15, -0.1) is 0 Å². The topological polar surface area (TPSA) is 39.1 Å². The molecule has 0 saturated heterocycles. The summed E-state index contributed by atoms with van der Waals surface area (Å²) in [5, 5.41) is 7.18. The Morgan fingerprint density at radius 1 is 1.47 bits per heavy atom. The number of ether oxygens (including phenoxy) is 1. The SMILES string of the molecule is CCNC(CCc1ccnn1C)COCC(F)(F)F. The maximum Gasteiger partial charge on any atom is 0.411 e. The summed E-state index contributed by atoms with van der Waals surface area (Å²) < 4.78 is 42.5. The van der Waals surface area contributed by atoms with Crippen LogP contribution in [0.2, 0.25) is 0 Å². The first kappa shape index (κ1) is 16.0. The summed E-state index contributed by atoms with van der Waals surface area (Å²) in [4.78, 5) is 0. The molecule has 0 bridgehead atoms. The number of nitrogens with zero attached hydrogens (tertiary/aromatic N) is 2. The van der Waals surface area contributed by atoms with Crippen molar-refractivity contribution < 1.29 is 17.9 Å². The van der Waals surface area contributed by atoms with Gasteiger partial charge in [-0.2, -0.15) is 18.3 Å². The summed E-state index contributed by atoms with van der Waals surface area (Å²) in [5.74, 6) is 0. The largest absolute Gasteiger partial charge is 0.411 e. The summed E-state index contributed by atoms with van der Waals surface area (Å²) in [6.45, 7) is 1.48. The van der Waals surface area contributed by atoms with Crippen LogP contribution in [0.5, 0.6) is 0 Å². The van der Waals surface area contributed by atoms with E-state index in [1.807, 2.05) is 20.0 Å². The van der Waals surface area contributed by atoms with Crippen LogP contribution in [0.3, 0.4) is 0 Å². The second-order valence-corrected chi connectivity index (χ2v) is 4.37. The molecule has 0 radical (unpaired) electrons. The van der Waals surface area contributed by atoms with Crippen LogP contribution >= 0.6 is 0 Å². The maximum absolute atomic E-state index is 12.0. The number of halogens is 3. The van der Waals surface area contributed by atoms with Gasteiger partial charge in [0.15, 0.2) is 0 Å². The first-order chi connectivity index (χ1) is 8.92. The van der Waals surface area contributed by atoms with Gasteiger partial charge in [0.1, 0.15) is 6.61 Å². The van der Waals surface area contributed by atoms with E-state index in [0.29, 0.717) is 13.0 Å². The number of nitrogens with one attached hydrogen (secondary N) is 1. The molecule has 0 aliphatic rings. The van der Waals surface area contributed by atoms with Gasteiger partial charge >= 0.3 is 6.18 Å². The molecule has 1 aromatic heterocycles. The summed E-state index contributed by atoms with van der Waals surface area (Å²) in [6, 6.07) is 1.82. The van der Waals surface area contributed by atoms with Crippen molar-refractivity contribution in [1.29, 1.82) is 0 Å². The van der Waals surface area contributed by atoms with Crippen molar-refractivity contribution in [3.05, 3.63) is 18.0 Å². The lowest BCUT2D eigenvalue weighted by Crippen LogP contribution is -2.35. The van der Waals surface area contributed by atoms with Crippen molar-refractivity contribution >= 4 is 0 Å². The molecule has 1 unspecified atom stereocenters.